The molecule has 0 amide bonds. The summed E-state index contributed by atoms with van der Waals surface area (Å²) >= 11 is 0. The van der Waals surface area contributed by atoms with Gasteiger partial charge in [0, 0.05) is 7.11 Å². The van der Waals surface area contributed by atoms with E-state index >= 15 is 0 Å². The largest absolute Gasteiger partial charge is 0.394 e. The Bertz CT molecular complexity index is 644. The molecule has 3 rings (SSSR count). The van der Waals surface area contributed by atoms with Crippen molar-refractivity contribution in [2.24, 2.45) is 0 Å². The van der Waals surface area contributed by atoms with Crippen LogP contribution in [0.25, 0.3) is 0 Å². The summed E-state index contributed by atoms with van der Waals surface area (Å²) in [6.07, 6.45) is -2.54. The van der Waals surface area contributed by atoms with Crippen LogP contribution in [0.5, 0.6) is 0 Å². The number of nitrogens with one attached hydrogen (secondary N) is 1. The van der Waals surface area contributed by atoms with Gasteiger partial charge in [0.05, 0.1) is 12.8 Å². The average molecular weight is 304 g/mol. The van der Waals surface area contributed by atoms with Crippen molar-refractivity contribution in [2.75, 3.05) is 13.7 Å². The number of halogens is 1. The highest BCUT2D eigenvalue weighted by atomic mass is 19.1. The van der Waals surface area contributed by atoms with E-state index in [1.165, 1.54) is 7.11 Å². The van der Waals surface area contributed by atoms with Crippen LogP contribution in [0.3, 0.4) is 0 Å². The molecule has 116 valence electrons. The molecule has 2 N–H and O–H groups in total. The molecule has 0 aromatic carbocycles. The average Bonchev–Trinajstić information content (AvgIpc) is 3.01. The van der Waals surface area contributed by atoms with Gasteiger partial charge in [-0.15, -0.1) is 0 Å². The van der Waals surface area contributed by atoms with E-state index < -0.39 is 48.1 Å². The summed E-state index contributed by atoms with van der Waals surface area (Å²) < 4.78 is 35.4. The minimum Gasteiger partial charge on any atom is -0.394 e. The summed E-state index contributed by atoms with van der Waals surface area (Å²) in [7, 11) is 1.36. The molecule has 0 bridgehead atoms. The number of aliphatic hydroxyl groups is 1. The first-order valence-electron chi connectivity index (χ1n) is 6.16. The Morgan fingerprint density at radius 2 is 2.10 bits per heavy atom. The molecule has 1 unspecified atom stereocenters. The number of nitrogens with zero attached hydrogens (tertiary/aromatic N) is 1. The van der Waals surface area contributed by atoms with Gasteiger partial charge in [0.2, 0.25) is 5.82 Å². The smallest absolute Gasteiger partial charge is 0.330 e. The van der Waals surface area contributed by atoms with Crippen molar-refractivity contribution in [3.8, 4) is 0 Å². The SMILES string of the molecule is COC1O[C@@H]2[C@H](O1)[C@@H](CO)O[C@H]2n1cc(F)c(=O)[nH]c1=O. The summed E-state index contributed by atoms with van der Waals surface area (Å²) in [6, 6.07) is 0. The minimum absolute atomic E-state index is 0.377. The first kappa shape index (κ1) is 14.4. The lowest BCUT2D eigenvalue weighted by molar-refractivity contribution is -0.257. The first-order chi connectivity index (χ1) is 10.0. The number of methoxy groups -OCH3 is 1. The van der Waals surface area contributed by atoms with Gasteiger partial charge in [-0.05, 0) is 0 Å². The van der Waals surface area contributed by atoms with Crippen LogP contribution in [0.4, 0.5) is 4.39 Å². The molecular formula is C11H13FN2O7. The molecule has 0 radical (unpaired) electrons. The van der Waals surface area contributed by atoms with Crippen LogP contribution >= 0.6 is 0 Å². The predicted molar refractivity (Wildman–Crippen MR) is 62.8 cm³/mol. The molecule has 2 aliphatic heterocycles. The highest BCUT2D eigenvalue weighted by Gasteiger charge is 2.53. The number of ether oxygens (including phenoxy) is 4. The lowest BCUT2D eigenvalue weighted by Crippen LogP contribution is -2.38. The van der Waals surface area contributed by atoms with E-state index in [9.17, 15) is 19.1 Å². The topological polar surface area (TPSA) is 112 Å². The number of fused-ring (bicyclic) bond motifs is 1. The molecule has 21 heavy (non-hydrogen) atoms. The molecule has 2 fully saturated rings. The van der Waals surface area contributed by atoms with Crippen LogP contribution in [0.2, 0.25) is 0 Å². The Morgan fingerprint density at radius 3 is 2.76 bits per heavy atom. The third kappa shape index (κ3) is 2.30. The fourth-order valence-corrected chi connectivity index (χ4v) is 2.44. The summed E-state index contributed by atoms with van der Waals surface area (Å²) in [5.41, 5.74) is -1.98. The molecule has 0 aliphatic carbocycles. The third-order valence-corrected chi connectivity index (χ3v) is 3.39. The number of H-pyrrole nitrogens is 1. The van der Waals surface area contributed by atoms with Crippen molar-refractivity contribution in [2.45, 2.75) is 31.0 Å². The number of hydrogen-bond acceptors (Lipinski definition) is 7. The second-order valence-corrected chi connectivity index (χ2v) is 4.62. The first-order valence-corrected chi connectivity index (χ1v) is 6.16. The van der Waals surface area contributed by atoms with Crippen LogP contribution in [-0.2, 0) is 18.9 Å². The third-order valence-electron chi connectivity index (χ3n) is 3.39. The van der Waals surface area contributed by atoms with Gasteiger partial charge in [0.25, 0.3) is 12.0 Å². The number of aromatic nitrogens is 2. The Labute approximate surface area is 116 Å². The lowest BCUT2D eigenvalue weighted by Gasteiger charge is -2.20. The van der Waals surface area contributed by atoms with E-state index in [-0.39, 0.29) is 6.61 Å². The molecule has 1 aromatic rings. The Balaban J connectivity index is 1.97. The maximum absolute atomic E-state index is 13.4. The van der Waals surface area contributed by atoms with Crippen LogP contribution in [0.1, 0.15) is 6.23 Å². The maximum atomic E-state index is 13.4. The van der Waals surface area contributed by atoms with Gasteiger partial charge in [0.1, 0.15) is 18.3 Å². The van der Waals surface area contributed by atoms with E-state index in [2.05, 4.69) is 0 Å². The second kappa shape index (κ2) is 5.31. The molecular weight excluding hydrogens is 291 g/mol. The highest BCUT2D eigenvalue weighted by molar-refractivity contribution is 4.97. The minimum atomic E-state index is -1.13. The standard InChI is InChI=1S/C11H13FN2O7/c1-18-11-20-6-5(3-15)19-9(7(6)21-11)14-2-4(12)8(16)13-10(14)17/h2,5-7,9,11,15H,3H2,1H3,(H,13,16,17)/t5-,6-,7-,9-,11?/m1/s1. The Kier molecular flexibility index (Phi) is 3.63. The number of rotatable bonds is 3. The number of hydrogen-bond donors (Lipinski definition) is 2. The Hall–Kier alpha value is -1.59. The van der Waals surface area contributed by atoms with Gasteiger partial charge < -0.3 is 24.1 Å². The number of aromatic amines is 1. The second-order valence-electron chi connectivity index (χ2n) is 4.62. The molecule has 0 spiro atoms. The van der Waals surface area contributed by atoms with Crippen LogP contribution < -0.4 is 11.2 Å². The quantitative estimate of drug-likeness (QED) is 0.683. The van der Waals surface area contributed by atoms with Crippen molar-refractivity contribution >= 4 is 0 Å². The Morgan fingerprint density at radius 1 is 1.38 bits per heavy atom. The van der Waals surface area contributed by atoms with Gasteiger partial charge in [0.15, 0.2) is 6.23 Å². The molecule has 1 aromatic heterocycles. The van der Waals surface area contributed by atoms with E-state index in [1.807, 2.05) is 4.98 Å². The van der Waals surface area contributed by atoms with Crippen LogP contribution in [-0.4, -0.2) is 53.2 Å². The van der Waals surface area contributed by atoms with Gasteiger partial charge in [-0.25, -0.2) is 4.79 Å². The van der Waals surface area contributed by atoms with E-state index in [1.54, 1.807) is 0 Å². The highest BCUT2D eigenvalue weighted by Crippen LogP contribution is 2.38. The van der Waals surface area contributed by atoms with Gasteiger partial charge in [-0.1, -0.05) is 0 Å². The fraction of sp³-hybridized carbons (Fsp3) is 0.636. The van der Waals surface area contributed by atoms with E-state index in [0.717, 1.165) is 10.8 Å². The van der Waals surface area contributed by atoms with E-state index in [4.69, 9.17) is 18.9 Å². The molecule has 2 saturated heterocycles. The van der Waals surface area contributed by atoms with Gasteiger partial charge in [-0.3, -0.25) is 14.3 Å². The lowest BCUT2D eigenvalue weighted by atomic mass is 10.1. The van der Waals surface area contributed by atoms with Crippen molar-refractivity contribution in [1.29, 1.82) is 0 Å². The summed E-state index contributed by atoms with van der Waals surface area (Å²) in [5, 5.41) is 9.28. The molecule has 10 heteroatoms. The van der Waals surface area contributed by atoms with Crippen molar-refractivity contribution in [3.63, 3.8) is 0 Å². The monoisotopic (exact) mass is 304 g/mol. The molecule has 2 aliphatic rings. The van der Waals surface area contributed by atoms with Crippen LogP contribution in [0.15, 0.2) is 15.8 Å². The summed E-state index contributed by atoms with van der Waals surface area (Å²) in [6.45, 7) is -1.35. The number of aliphatic hydroxyl groups excluding tert-OH is 1. The summed E-state index contributed by atoms with van der Waals surface area (Å²) in [5.74, 6) is -1.13. The van der Waals surface area contributed by atoms with E-state index in [0.29, 0.717) is 0 Å². The predicted octanol–water partition coefficient (Wildman–Crippen LogP) is -1.72. The zero-order valence-electron chi connectivity index (χ0n) is 10.9. The van der Waals surface area contributed by atoms with Crippen molar-refractivity contribution < 1.29 is 28.4 Å². The van der Waals surface area contributed by atoms with Crippen LogP contribution in [0, 0.1) is 5.82 Å². The maximum Gasteiger partial charge on any atom is 0.330 e. The normalized spacial score (nSPS) is 35.1. The molecule has 5 atom stereocenters. The summed E-state index contributed by atoms with van der Waals surface area (Å²) in [4.78, 5) is 24.7. The van der Waals surface area contributed by atoms with Gasteiger partial charge >= 0.3 is 5.69 Å². The van der Waals surface area contributed by atoms with Crippen molar-refractivity contribution in [1.82, 2.24) is 9.55 Å². The zero-order valence-corrected chi connectivity index (χ0v) is 10.9. The van der Waals surface area contributed by atoms with Gasteiger partial charge in [-0.2, -0.15) is 4.39 Å². The fourth-order valence-electron chi connectivity index (χ4n) is 2.44. The molecule has 3 heterocycles. The molecule has 0 saturated carbocycles. The zero-order chi connectivity index (χ0) is 15.1. The molecule has 9 nitrogen and oxygen atoms in total. The van der Waals surface area contributed by atoms with Crippen molar-refractivity contribution in [3.05, 3.63) is 32.9 Å².